The quantitative estimate of drug-likeness (QED) is 0.730. The number of rotatable bonds is 5. The van der Waals surface area contributed by atoms with Gasteiger partial charge in [0.2, 0.25) is 0 Å². The summed E-state index contributed by atoms with van der Waals surface area (Å²) in [6.45, 7) is 6.25. The summed E-state index contributed by atoms with van der Waals surface area (Å²) in [5, 5.41) is 8.64. The molecular weight excluding hydrogens is 214 g/mol. The number of carbonyl (C=O) groups excluding carboxylic acids is 1. The van der Waals surface area contributed by atoms with Crippen molar-refractivity contribution in [3.63, 3.8) is 0 Å². The van der Waals surface area contributed by atoms with Crippen LogP contribution >= 0.6 is 0 Å². The molecule has 0 atom stereocenters. The molecule has 0 saturated heterocycles. The van der Waals surface area contributed by atoms with Crippen molar-refractivity contribution in [3.05, 3.63) is 23.9 Å². The normalized spacial score (nSPS) is 10.1. The van der Waals surface area contributed by atoms with Crippen LogP contribution < -0.4 is 4.90 Å². The van der Waals surface area contributed by atoms with E-state index in [1.165, 1.54) is 6.92 Å². The highest BCUT2D eigenvalue weighted by Gasteiger charge is 2.12. The Kier molecular flexibility index (Phi) is 4.65. The molecule has 0 aromatic carbocycles. The number of aromatic nitrogens is 1. The van der Waals surface area contributed by atoms with Crippen molar-refractivity contribution in [1.82, 2.24) is 4.98 Å². The number of anilines is 1. The molecule has 0 bridgehead atoms. The van der Waals surface area contributed by atoms with Crippen LogP contribution in [0.3, 0.4) is 0 Å². The van der Waals surface area contributed by atoms with Crippen molar-refractivity contribution in [2.45, 2.75) is 33.2 Å². The van der Waals surface area contributed by atoms with Gasteiger partial charge in [0.15, 0.2) is 5.78 Å². The van der Waals surface area contributed by atoms with Gasteiger partial charge in [-0.05, 0) is 32.9 Å². The summed E-state index contributed by atoms with van der Waals surface area (Å²) in [6, 6.07) is 5.85. The Morgan fingerprint density at radius 2 is 2.29 bits per heavy atom. The van der Waals surface area contributed by atoms with Gasteiger partial charge < -0.3 is 4.90 Å². The van der Waals surface area contributed by atoms with Crippen molar-refractivity contribution in [1.29, 1.82) is 5.26 Å². The summed E-state index contributed by atoms with van der Waals surface area (Å²) < 4.78 is 0. The van der Waals surface area contributed by atoms with Crippen molar-refractivity contribution < 1.29 is 4.79 Å². The minimum Gasteiger partial charge on any atom is -0.353 e. The first-order chi connectivity index (χ1) is 8.06. The van der Waals surface area contributed by atoms with Crippen LogP contribution in [0.4, 0.5) is 5.82 Å². The molecule has 0 aliphatic carbocycles. The topological polar surface area (TPSA) is 57.0 Å². The third kappa shape index (κ3) is 3.56. The molecule has 0 fully saturated rings. The van der Waals surface area contributed by atoms with Gasteiger partial charge >= 0.3 is 0 Å². The first kappa shape index (κ1) is 13.2. The third-order valence-electron chi connectivity index (χ3n) is 2.53. The molecule has 0 saturated carbocycles. The Balaban J connectivity index is 2.98. The van der Waals surface area contributed by atoms with Crippen LogP contribution in [0.2, 0.25) is 0 Å². The van der Waals surface area contributed by atoms with Gasteiger partial charge in [-0.2, -0.15) is 5.26 Å². The van der Waals surface area contributed by atoms with Crippen LogP contribution in [0.15, 0.2) is 18.3 Å². The van der Waals surface area contributed by atoms with E-state index in [0.29, 0.717) is 18.5 Å². The predicted molar refractivity (Wildman–Crippen MR) is 67.0 cm³/mol. The van der Waals surface area contributed by atoms with Gasteiger partial charge in [-0.25, -0.2) is 4.98 Å². The highest BCUT2D eigenvalue weighted by Crippen LogP contribution is 2.16. The van der Waals surface area contributed by atoms with Crippen LogP contribution in [0.5, 0.6) is 0 Å². The molecule has 90 valence electrons. The molecule has 1 heterocycles. The zero-order valence-electron chi connectivity index (χ0n) is 10.5. The molecule has 1 aromatic rings. The number of nitrogens with zero attached hydrogens (tertiary/aromatic N) is 3. The first-order valence-corrected chi connectivity index (χ1v) is 5.67. The lowest BCUT2D eigenvalue weighted by Gasteiger charge is -2.27. The van der Waals surface area contributed by atoms with Gasteiger partial charge in [0.25, 0.3) is 0 Å². The Hall–Kier alpha value is -1.89. The highest BCUT2D eigenvalue weighted by atomic mass is 16.1. The minimum absolute atomic E-state index is 0.0256. The Bertz CT molecular complexity index is 435. The second-order valence-electron chi connectivity index (χ2n) is 4.15. The van der Waals surface area contributed by atoms with Gasteiger partial charge in [-0.15, -0.1) is 0 Å². The van der Waals surface area contributed by atoms with Gasteiger partial charge in [0.1, 0.15) is 5.82 Å². The molecular formula is C13H17N3O. The van der Waals surface area contributed by atoms with Crippen LogP contribution in [-0.4, -0.2) is 23.4 Å². The molecule has 1 rings (SSSR count). The second kappa shape index (κ2) is 6.00. The van der Waals surface area contributed by atoms with Gasteiger partial charge in [-0.3, -0.25) is 4.79 Å². The molecule has 0 radical (unpaired) electrons. The SMILES string of the molecule is CC(=O)c1ccnc(N(CCC#N)C(C)C)c1. The smallest absolute Gasteiger partial charge is 0.159 e. The van der Waals surface area contributed by atoms with E-state index in [1.54, 1.807) is 18.3 Å². The van der Waals surface area contributed by atoms with Crippen molar-refractivity contribution in [2.75, 3.05) is 11.4 Å². The number of ketones is 1. The lowest BCUT2D eigenvalue weighted by atomic mass is 10.2. The van der Waals surface area contributed by atoms with E-state index in [0.717, 1.165) is 5.82 Å². The fraction of sp³-hybridized carbons (Fsp3) is 0.462. The number of carbonyl (C=O) groups is 1. The average molecular weight is 231 g/mol. The lowest BCUT2D eigenvalue weighted by Crippen LogP contribution is -2.32. The van der Waals surface area contributed by atoms with E-state index in [1.807, 2.05) is 18.7 Å². The number of nitriles is 1. The number of Topliss-reactive ketones (excluding diaryl/α,β-unsaturated/α-hetero) is 1. The molecule has 17 heavy (non-hydrogen) atoms. The van der Waals surface area contributed by atoms with Crippen molar-refractivity contribution >= 4 is 11.6 Å². The number of hydrogen-bond acceptors (Lipinski definition) is 4. The molecule has 0 aliphatic rings. The third-order valence-corrected chi connectivity index (χ3v) is 2.53. The maximum absolute atomic E-state index is 11.3. The molecule has 4 nitrogen and oxygen atoms in total. The average Bonchev–Trinajstić information content (AvgIpc) is 2.29. The van der Waals surface area contributed by atoms with E-state index in [2.05, 4.69) is 11.1 Å². The largest absolute Gasteiger partial charge is 0.353 e. The molecule has 1 aromatic heterocycles. The van der Waals surface area contributed by atoms with E-state index in [4.69, 9.17) is 5.26 Å². The molecule has 0 unspecified atom stereocenters. The standard InChI is InChI=1S/C13H17N3O/c1-10(2)16(8-4-6-14)13-9-12(11(3)17)5-7-15-13/h5,7,9-10H,4,8H2,1-3H3. The van der Waals surface area contributed by atoms with Gasteiger partial charge in [-0.1, -0.05) is 0 Å². The first-order valence-electron chi connectivity index (χ1n) is 5.67. The summed E-state index contributed by atoms with van der Waals surface area (Å²) in [4.78, 5) is 17.6. The molecule has 0 aliphatic heterocycles. The highest BCUT2D eigenvalue weighted by molar-refractivity contribution is 5.94. The fourth-order valence-corrected chi connectivity index (χ4v) is 1.60. The predicted octanol–water partition coefficient (Wildman–Crippen LogP) is 2.41. The lowest BCUT2D eigenvalue weighted by molar-refractivity contribution is 0.101. The molecule has 0 spiro atoms. The molecule has 4 heteroatoms. The van der Waals surface area contributed by atoms with E-state index >= 15 is 0 Å². The summed E-state index contributed by atoms with van der Waals surface area (Å²) in [7, 11) is 0. The minimum atomic E-state index is 0.0256. The van der Waals surface area contributed by atoms with Gasteiger partial charge in [0.05, 0.1) is 12.5 Å². The summed E-state index contributed by atoms with van der Waals surface area (Å²) >= 11 is 0. The number of pyridine rings is 1. The monoisotopic (exact) mass is 231 g/mol. The van der Waals surface area contributed by atoms with E-state index < -0.39 is 0 Å². The van der Waals surface area contributed by atoms with Crippen molar-refractivity contribution in [2.24, 2.45) is 0 Å². The van der Waals surface area contributed by atoms with Crippen molar-refractivity contribution in [3.8, 4) is 6.07 Å². The maximum Gasteiger partial charge on any atom is 0.159 e. The second-order valence-corrected chi connectivity index (χ2v) is 4.15. The molecule has 0 amide bonds. The number of hydrogen-bond donors (Lipinski definition) is 0. The van der Waals surface area contributed by atoms with E-state index in [9.17, 15) is 4.79 Å². The summed E-state index contributed by atoms with van der Waals surface area (Å²) in [5.74, 6) is 0.778. The summed E-state index contributed by atoms with van der Waals surface area (Å²) in [6.07, 6.45) is 2.08. The maximum atomic E-state index is 11.3. The fourth-order valence-electron chi connectivity index (χ4n) is 1.60. The zero-order chi connectivity index (χ0) is 12.8. The Morgan fingerprint density at radius 3 is 2.82 bits per heavy atom. The van der Waals surface area contributed by atoms with Crippen LogP contribution in [0.25, 0.3) is 0 Å². The molecule has 0 N–H and O–H groups in total. The van der Waals surface area contributed by atoms with Crippen LogP contribution in [0.1, 0.15) is 37.6 Å². The Morgan fingerprint density at radius 1 is 1.59 bits per heavy atom. The Labute approximate surface area is 102 Å². The van der Waals surface area contributed by atoms with Crippen LogP contribution in [-0.2, 0) is 0 Å². The van der Waals surface area contributed by atoms with E-state index in [-0.39, 0.29) is 11.8 Å². The van der Waals surface area contributed by atoms with Crippen LogP contribution in [0, 0.1) is 11.3 Å². The van der Waals surface area contributed by atoms with Gasteiger partial charge in [0, 0.05) is 24.3 Å². The zero-order valence-corrected chi connectivity index (χ0v) is 10.5. The summed E-state index contributed by atoms with van der Waals surface area (Å²) in [5.41, 5.74) is 0.651.